The Morgan fingerprint density at radius 1 is 1.42 bits per heavy atom. The van der Waals surface area contributed by atoms with Crippen LogP contribution in [-0.2, 0) is 0 Å². The van der Waals surface area contributed by atoms with Crippen molar-refractivity contribution in [1.29, 1.82) is 0 Å². The van der Waals surface area contributed by atoms with Gasteiger partial charge in [0.05, 0.1) is 0 Å². The first-order valence-electron chi connectivity index (χ1n) is 3.52. The quantitative estimate of drug-likeness (QED) is 0.679. The smallest absolute Gasteiger partial charge is 0.173 e. The van der Waals surface area contributed by atoms with Crippen molar-refractivity contribution in [1.82, 2.24) is 0 Å². The fourth-order valence-corrected chi connectivity index (χ4v) is 1.72. The van der Waals surface area contributed by atoms with Crippen molar-refractivity contribution in [3.63, 3.8) is 0 Å². The number of rotatable bonds is 0. The molecule has 1 aromatic heterocycles. The number of hydrogen-bond acceptors (Lipinski definition) is 1. The Morgan fingerprint density at radius 2 is 2.17 bits per heavy atom. The first-order valence-corrected chi connectivity index (χ1v) is 4.70. The molecule has 0 radical (unpaired) electrons. The Balaban J connectivity index is 2.88. The van der Waals surface area contributed by atoms with E-state index in [1.165, 1.54) is 0 Å². The van der Waals surface area contributed by atoms with Crippen LogP contribution in [0.1, 0.15) is 5.56 Å². The second-order valence-corrected chi connectivity index (χ2v) is 3.80. The first-order chi connectivity index (χ1) is 5.68. The monoisotopic (exact) mass is 244 g/mol. The zero-order valence-corrected chi connectivity index (χ0v) is 8.74. The zero-order chi connectivity index (χ0) is 8.72. The molecule has 1 heterocycles. The Hall–Kier alpha value is -0.470. The zero-order valence-electron chi connectivity index (χ0n) is 6.40. The van der Waals surface area contributed by atoms with E-state index in [1.807, 2.05) is 25.1 Å². The first kappa shape index (κ1) is 8.14. The molecular formula is C9H6BrClO. The molecule has 1 aromatic carbocycles. The van der Waals surface area contributed by atoms with E-state index in [0.717, 1.165) is 26.2 Å². The summed E-state index contributed by atoms with van der Waals surface area (Å²) in [4.78, 5) is 0. The molecule has 0 saturated carbocycles. The molecule has 0 bridgehead atoms. The molecule has 0 atom stereocenters. The summed E-state index contributed by atoms with van der Waals surface area (Å²) in [6, 6.07) is 5.59. The lowest BCUT2D eigenvalue weighted by Gasteiger charge is -1.89. The van der Waals surface area contributed by atoms with Gasteiger partial charge >= 0.3 is 0 Å². The maximum absolute atomic E-state index is 5.84. The van der Waals surface area contributed by atoms with Gasteiger partial charge in [-0.05, 0) is 41.1 Å². The number of fused-ring (bicyclic) bond motifs is 1. The fraction of sp³-hybridized carbons (Fsp3) is 0.111. The highest BCUT2D eigenvalue weighted by Gasteiger charge is 2.07. The number of aryl methyl sites for hydroxylation is 1. The molecule has 3 heteroatoms. The number of hydrogen-bond donors (Lipinski definition) is 0. The van der Waals surface area contributed by atoms with Crippen molar-refractivity contribution in [2.75, 3.05) is 0 Å². The predicted molar refractivity (Wildman–Crippen MR) is 53.7 cm³/mol. The lowest BCUT2D eigenvalue weighted by atomic mass is 10.2. The van der Waals surface area contributed by atoms with Crippen LogP contribution in [0.5, 0.6) is 0 Å². The third-order valence-corrected chi connectivity index (χ3v) is 2.83. The molecule has 0 aliphatic rings. The highest BCUT2D eigenvalue weighted by atomic mass is 79.9. The molecule has 0 spiro atoms. The van der Waals surface area contributed by atoms with E-state index in [0.29, 0.717) is 0 Å². The summed E-state index contributed by atoms with van der Waals surface area (Å²) < 4.78 is 6.19. The molecule has 1 nitrogen and oxygen atoms in total. The molecule has 12 heavy (non-hydrogen) atoms. The second-order valence-electron chi connectivity index (χ2n) is 2.64. The van der Waals surface area contributed by atoms with E-state index in [4.69, 9.17) is 16.0 Å². The molecule has 0 fully saturated rings. The number of benzene rings is 1. The van der Waals surface area contributed by atoms with Crippen molar-refractivity contribution in [3.05, 3.63) is 33.5 Å². The summed E-state index contributed by atoms with van der Waals surface area (Å²) in [5.74, 6) is 0. The van der Waals surface area contributed by atoms with Crippen molar-refractivity contribution < 1.29 is 4.42 Å². The van der Waals surface area contributed by atoms with Gasteiger partial charge in [0, 0.05) is 16.0 Å². The fourth-order valence-electron chi connectivity index (χ4n) is 1.16. The van der Waals surface area contributed by atoms with Gasteiger partial charge < -0.3 is 4.42 Å². The van der Waals surface area contributed by atoms with Crippen LogP contribution < -0.4 is 0 Å². The molecule has 2 rings (SSSR count). The summed E-state index contributed by atoms with van der Waals surface area (Å²) in [5.41, 5.74) is 1.95. The Labute approximate surface area is 83.4 Å². The SMILES string of the molecule is Cc1c(Br)oc2ccc(Cl)cc12. The molecular weight excluding hydrogens is 239 g/mol. The largest absolute Gasteiger partial charge is 0.449 e. The maximum Gasteiger partial charge on any atom is 0.173 e. The van der Waals surface area contributed by atoms with Gasteiger partial charge in [0.15, 0.2) is 4.67 Å². The highest BCUT2D eigenvalue weighted by molar-refractivity contribution is 9.10. The van der Waals surface area contributed by atoms with Gasteiger partial charge in [-0.2, -0.15) is 0 Å². The molecule has 0 aliphatic carbocycles. The van der Waals surface area contributed by atoms with Gasteiger partial charge in [0.1, 0.15) is 5.58 Å². The minimum absolute atomic E-state index is 0.735. The van der Waals surface area contributed by atoms with Gasteiger partial charge in [0.2, 0.25) is 0 Å². The summed E-state index contributed by atoms with van der Waals surface area (Å²) in [5, 5.41) is 1.80. The summed E-state index contributed by atoms with van der Waals surface area (Å²) in [6.45, 7) is 1.99. The Bertz CT molecular complexity index is 433. The summed E-state index contributed by atoms with van der Waals surface area (Å²) in [7, 11) is 0. The lowest BCUT2D eigenvalue weighted by Crippen LogP contribution is -1.68. The van der Waals surface area contributed by atoms with Crippen LogP contribution in [0.25, 0.3) is 11.0 Å². The van der Waals surface area contributed by atoms with Crippen LogP contribution in [0.3, 0.4) is 0 Å². The van der Waals surface area contributed by atoms with E-state index in [9.17, 15) is 0 Å². The Morgan fingerprint density at radius 3 is 2.92 bits per heavy atom. The standard InChI is InChI=1S/C9H6BrClO/c1-5-7-4-6(11)2-3-8(7)12-9(5)10/h2-4H,1H3. The van der Waals surface area contributed by atoms with Gasteiger partial charge in [-0.15, -0.1) is 0 Å². The maximum atomic E-state index is 5.84. The number of furan rings is 1. The third kappa shape index (κ3) is 1.15. The van der Waals surface area contributed by atoms with Crippen molar-refractivity contribution in [3.8, 4) is 0 Å². The van der Waals surface area contributed by atoms with E-state index in [2.05, 4.69) is 15.9 Å². The summed E-state index contributed by atoms with van der Waals surface area (Å²) >= 11 is 9.17. The molecule has 62 valence electrons. The average molecular weight is 246 g/mol. The van der Waals surface area contributed by atoms with E-state index >= 15 is 0 Å². The van der Waals surface area contributed by atoms with Gasteiger partial charge in [-0.25, -0.2) is 0 Å². The van der Waals surface area contributed by atoms with E-state index in [1.54, 1.807) is 0 Å². The van der Waals surface area contributed by atoms with Crippen molar-refractivity contribution in [2.24, 2.45) is 0 Å². The van der Waals surface area contributed by atoms with Crippen molar-refractivity contribution >= 4 is 38.5 Å². The van der Waals surface area contributed by atoms with Gasteiger partial charge in [-0.1, -0.05) is 11.6 Å². The molecule has 0 amide bonds. The van der Waals surface area contributed by atoms with E-state index in [-0.39, 0.29) is 0 Å². The second kappa shape index (κ2) is 2.79. The average Bonchev–Trinajstić information content (AvgIpc) is 2.31. The lowest BCUT2D eigenvalue weighted by molar-refractivity contribution is 0.584. The normalized spacial score (nSPS) is 10.9. The molecule has 0 N–H and O–H groups in total. The Kier molecular flexibility index (Phi) is 1.89. The van der Waals surface area contributed by atoms with Gasteiger partial charge in [0.25, 0.3) is 0 Å². The molecule has 0 aliphatic heterocycles. The number of halogens is 2. The summed E-state index contributed by atoms with van der Waals surface area (Å²) in [6.07, 6.45) is 0. The third-order valence-electron chi connectivity index (χ3n) is 1.84. The van der Waals surface area contributed by atoms with E-state index < -0.39 is 0 Å². The minimum Gasteiger partial charge on any atom is -0.449 e. The van der Waals surface area contributed by atoms with Crippen LogP contribution in [0, 0.1) is 6.92 Å². The van der Waals surface area contributed by atoms with Crippen LogP contribution in [0.4, 0.5) is 0 Å². The predicted octanol–water partition coefficient (Wildman–Crippen LogP) is 4.16. The van der Waals surface area contributed by atoms with Gasteiger partial charge in [-0.3, -0.25) is 0 Å². The van der Waals surface area contributed by atoms with Crippen LogP contribution >= 0.6 is 27.5 Å². The van der Waals surface area contributed by atoms with Crippen molar-refractivity contribution in [2.45, 2.75) is 6.92 Å². The van der Waals surface area contributed by atoms with Crippen LogP contribution in [0.15, 0.2) is 27.3 Å². The molecule has 2 aromatic rings. The minimum atomic E-state index is 0.735. The van der Waals surface area contributed by atoms with Crippen LogP contribution in [-0.4, -0.2) is 0 Å². The topological polar surface area (TPSA) is 13.1 Å². The molecule has 0 saturated heterocycles. The van der Waals surface area contributed by atoms with Crippen LogP contribution in [0.2, 0.25) is 5.02 Å². The molecule has 0 unspecified atom stereocenters. The highest BCUT2D eigenvalue weighted by Crippen LogP contribution is 2.30.